The van der Waals surface area contributed by atoms with E-state index in [1.54, 1.807) is 41.3 Å². The third-order valence-electron chi connectivity index (χ3n) is 6.33. The second-order valence-electron chi connectivity index (χ2n) is 8.95. The van der Waals surface area contributed by atoms with Gasteiger partial charge in [-0.3, -0.25) is 14.5 Å². The van der Waals surface area contributed by atoms with Crippen LogP contribution in [0.15, 0.2) is 55.1 Å². The summed E-state index contributed by atoms with van der Waals surface area (Å²) in [6.07, 6.45) is 6.56. The lowest BCUT2D eigenvalue weighted by Crippen LogP contribution is -2.38. The van der Waals surface area contributed by atoms with E-state index in [0.717, 1.165) is 22.2 Å². The minimum atomic E-state index is -0.435. The Hall–Kier alpha value is -4.11. The quantitative estimate of drug-likeness (QED) is 0.391. The molecule has 1 amide bonds. The lowest BCUT2D eigenvalue weighted by molar-refractivity contribution is 0.0943. The van der Waals surface area contributed by atoms with Crippen molar-refractivity contribution in [2.24, 2.45) is 7.05 Å². The Morgan fingerprint density at radius 3 is 2.60 bits per heavy atom. The SMILES string of the molecule is CC(CNC(=O)c1ccc(-c2c(F)cnc3[nH]c4cnc(-c5cnn(C)c5)cc4c23)cc1)N(C)C. The number of aryl methyl sites for hydroxylation is 1. The van der Waals surface area contributed by atoms with E-state index in [1.807, 2.05) is 45.2 Å². The summed E-state index contributed by atoms with van der Waals surface area (Å²) in [5.74, 6) is -0.597. The van der Waals surface area contributed by atoms with Crippen LogP contribution in [0.5, 0.6) is 0 Å². The Bertz CT molecular complexity index is 1540. The van der Waals surface area contributed by atoms with Crippen molar-refractivity contribution in [3.05, 3.63) is 66.5 Å². The van der Waals surface area contributed by atoms with Gasteiger partial charge in [-0.1, -0.05) is 12.1 Å². The number of aromatic amines is 1. The monoisotopic (exact) mass is 471 g/mol. The maximum Gasteiger partial charge on any atom is 0.251 e. The zero-order valence-electron chi connectivity index (χ0n) is 20.0. The summed E-state index contributed by atoms with van der Waals surface area (Å²) in [6.45, 7) is 2.58. The number of carbonyl (C=O) groups excluding carboxylic acids is 1. The van der Waals surface area contributed by atoms with Crippen LogP contribution < -0.4 is 5.32 Å². The fourth-order valence-electron chi connectivity index (χ4n) is 4.04. The van der Waals surface area contributed by atoms with Gasteiger partial charge in [-0.05, 0) is 44.8 Å². The molecule has 4 heterocycles. The van der Waals surface area contributed by atoms with Crippen molar-refractivity contribution in [1.82, 2.24) is 34.9 Å². The first-order valence-corrected chi connectivity index (χ1v) is 11.3. The molecule has 4 aromatic heterocycles. The first-order chi connectivity index (χ1) is 16.8. The van der Waals surface area contributed by atoms with Crippen molar-refractivity contribution in [3.63, 3.8) is 0 Å². The highest BCUT2D eigenvalue weighted by Gasteiger charge is 2.18. The van der Waals surface area contributed by atoms with Crippen LogP contribution >= 0.6 is 0 Å². The van der Waals surface area contributed by atoms with Crippen LogP contribution in [0.25, 0.3) is 44.3 Å². The number of likely N-dealkylation sites (N-methyl/N-ethyl adjacent to an activating group) is 1. The van der Waals surface area contributed by atoms with Crippen molar-refractivity contribution in [2.75, 3.05) is 20.6 Å². The average molecular weight is 472 g/mol. The van der Waals surface area contributed by atoms with Crippen LogP contribution in [-0.4, -0.2) is 62.2 Å². The number of fused-ring (bicyclic) bond motifs is 3. The molecular formula is C26H26FN7O. The smallest absolute Gasteiger partial charge is 0.251 e. The normalized spacial score (nSPS) is 12.5. The molecular weight excluding hydrogens is 445 g/mol. The van der Waals surface area contributed by atoms with Gasteiger partial charge in [0, 0.05) is 53.3 Å². The molecule has 1 atom stereocenters. The Balaban J connectivity index is 1.54. The molecule has 0 spiro atoms. The first kappa shape index (κ1) is 22.7. The number of nitrogens with one attached hydrogen (secondary N) is 2. The highest BCUT2D eigenvalue weighted by molar-refractivity contribution is 6.13. The Kier molecular flexibility index (Phi) is 5.78. The highest BCUT2D eigenvalue weighted by Crippen LogP contribution is 2.36. The van der Waals surface area contributed by atoms with Gasteiger partial charge >= 0.3 is 0 Å². The summed E-state index contributed by atoms with van der Waals surface area (Å²) in [6, 6.07) is 9.10. The molecule has 1 unspecified atom stereocenters. The summed E-state index contributed by atoms with van der Waals surface area (Å²) >= 11 is 0. The molecule has 35 heavy (non-hydrogen) atoms. The van der Waals surface area contributed by atoms with Crippen LogP contribution in [0.4, 0.5) is 4.39 Å². The molecule has 0 aliphatic rings. The van der Waals surface area contributed by atoms with E-state index in [9.17, 15) is 4.79 Å². The molecule has 0 fully saturated rings. The maximum absolute atomic E-state index is 15.2. The van der Waals surface area contributed by atoms with Crippen molar-refractivity contribution < 1.29 is 9.18 Å². The molecule has 178 valence electrons. The number of pyridine rings is 2. The minimum absolute atomic E-state index is 0.162. The molecule has 9 heteroatoms. The van der Waals surface area contributed by atoms with Gasteiger partial charge in [0.25, 0.3) is 5.91 Å². The van der Waals surface area contributed by atoms with E-state index in [-0.39, 0.29) is 11.9 Å². The number of rotatable bonds is 6. The molecule has 0 aliphatic heterocycles. The van der Waals surface area contributed by atoms with Crippen LogP contribution in [0.2, 0.25) is 0 Å². The third-order valence-corrected chi connectivity index (χ3v) is 6.33. The number of benzene rings is 1. The number of halogens is 1. The Labute approximate surface area is 201 Å². The van der Waals surface area contributed by atoms with Crippen molar-refractivity contribution in [3.8, 4) is 22.4 Å². The van der Waals surface area contributed by atoms with E-state index in [2.05, 4.69) is 25.4 Å². The van der Waals surface area contributed by atoms with Gasteiger partial charge in [0.15, 0.2) is 0 Å². The second kappa shape index (κ2) is 8.92. The number of amides is 1. The Morgan fingerprint density at radius 2 is 1.91 bits per heavy atom. The predicted molar refractivity (Wildman–Crippen MR) is 134 cm³/mol. The zero-order valence-corrected chi connectivity index (χ0v) is 20.0. The average Bonchev–Trinajstić information content (AvgIpc) is 3.45. The van der Waals surface area contributed by atoms with Crippen LogP contribution in [0.3, 0.4) is 0 Å². The minimum Gasteiger partial charge on any atom is -0.350 e. The zero-order chi connectivity index (χ0) is 24.7. The highest BCUT2D eigenvalue weighted by atomic mass is 19.1. The molecule has 0 aliphatic carbocycles. The van der Waals surface area contributed by atoms with Crippen molar-refractivity contribution in [1.29, 1.82) is 0 Å². The van der Waals surface area contributed by atoms with E-state index < -0.39 is 5.82 Å². The largest absolute Gasteiger partial charge is 0.350 e. The van der Waals surface area contributed by atoms with Gasteiger partial charge in [-0.2, -0.15) is 5.10 Å². The van der Waals surface area contributed by atoms with Gasteiger partial charge in [-0.15, -0.1) is 0 Å². The van der Waals surface area contributed by atoms with Gasteiger partial charge < -0.3 is 15.2 Å². The molecule has 2 N–H and O–H groups in total. The second-order valence-corrected chi connectivity index (χ2v) is 8.95. The number of hydrogen-bond donors (Lipinski definition) is 2. The number of H-pyrrole nitrogens is 1. The maximum atomic E-state index is 15.2. The summed E-state index contributed by atoms with van der Waals surface area (Å²) < 4.78 is 16.9. The van der Waals surface area contributed by atoms with Gasteiger partial charge in [-0.25, -0.2) is 9.37 Å². The van der Waals surface area contributed by atoms with Crippen molar-refractivity contribution >= 4 is 27.8 Å². The number of hydrogen-bond acceptors (Lipinski definition) is 5. The molecule has 8 nitrogen and oxygen atoms in total. The van der Waals surface area contributed by atoms with Gasteiger partial charge in [0.1, 0.15) is 11.5 Å². The van der Waals surface area contributed by atoms with E-state index in [1.165, 1.54) is 6.20 Å². The molecule has 5 rings (SSSR count). The molecule has 0 bridgehead atoms. The van der Waals surface area contributed by atoms with E-state index in [4.69, 9.17) is 0 Å². The summed E-state index contributed by atoms with van der Waals surface area (Å²) in [7, 11) is 5.78. The summed E-state index contributed by atoms with van der Waals surface area (Å²) in [5, 5.41) is 8.64. The Morgan fingerprint density at radius 1 is 1.14 bits per heavy atom. The van der Waals surface area contributed by atoms with E-state index in [0.29, 0.717) is 34.3 Å². The lowest BCUT2D eigenvalue weighted by Gasteiger charge is -2.20. The van der Waals surface area contributed by atoms with Gasteiger partial charge in [0.05, 0.1) is 29.8 Å². The van der Waals surface area contributed by atoms with E-state index >= 15 is 4.39 Å². The summed E-state index contributed by atoms with van der Waals surface area (Å²) in [4.78, 5) is 26.6. The third kappa shape index (κ3) is 4.26. The van der Waals surface area contributed by atoms with Crippen LogP contribution in [0, 0.1) is 5.82 Å². The first-order valence-electron chi connectivity index (χ1n) is 11.3. The fraction of sp³-hybridized carbons (Fsp3) is 0.231. The van der Waals surface area contributed by atoms with Crippen LogP contribution in [0.1, 0.15) is 17.3 Å². The summed E-state index contributed by atoms with van der Waals surface area (Å²) in [5.41, 5.74) is 4.55. The van der Waals surface area contributed by atoms with Gasteiger partial charge in [0.2, 0.25) is 0 Å². The lowest BCUT2D eigenvalue weighted by atomic mass is 9.99. The number of carbonyl (C=O) groups is 1. The standard InChI is InChI=1S/C26H26FN7O/c1-15(33(2)3)10-30-26(35)17-7-5-16(6-8-17)23-20(27)12-29-25-24(23)19-9-21(28-13-22(19)32-25)18-11-31-34(4)14-18/h5-9,11-15H,10H2,1-4H3,(H,29,32)(H,30,35). The molecule has 0 radical (unpaired) electrons. The van der Waals surface area contributed by atoms with Crippen LogP contribution in [-0.2, 0) is 7.05 Å². The molecule has 0 saturated heterocycles. The topological polar surface area (TPSA) is 91.7 Å². The molecule has 5 aromatic rings. The molecule has 1 aromatic carbocycles. The number of nitrogens with zero attached hydrogens (tertiary/aromatic N) is 5. The predicted octanol–water partition coefficient (Wildman–Crippen LogP) is 4.00. The van der Waals surface area contributed by atoms with Crippen molar-refractivity contribution in [2.45, 2.75) is 13.0 Å². The fourth-order valence-corrected chi connectivity index (χ4v) is 4.04. The number of aromatic nitrogens is 5. The molecule has 0 saturated carbocycles.